The standard InChI is InChI=1S/C13H16N2O3/c1-8-3-2-4-9(7-8)12(17)14-10-5-6-11(16)15-13(10)18/h4,7,10H,2-3,5-6H2,1H3,(H,14,17)(H,15,16,18). The van der Waals surface area contributed by atoms with Crippen molar-refractivity contribution in [2.24, 2.45) is 0 Å². The van der Waals surface area contributed by atoms with Gasteiger partial charge in [0, 0.05) is 12.0 Å². The molecule has 0 radical (unpaired) electrons. The monoisotopic (exact) mass is 248 g/mol. The van der Waals surface area contributed by atoms with Gasteiger partial charge in [-0.15, -0.1) is 0 Å². The van der Waals surface area contributed by atoms with E-state index in [2.05, 4.69) is 10.6 Å². The molecule has 1 aliphatic heterocycles. The van der Waals surface area contributed by atoms with Crippen LogP contribution in [0.5, 0.6) is 0 Å². The van der Waals surface area contributed by atoms with Crippen molar-refractivity contribution in [2.75, 3.05) is 0 Å². The highest BCUT2D eigenvalue weighted by atomic mass is 16.2. The van der Waals surface area contributed by atoms with Gasteiger partial charge in [0.2, 0.25) is 11.8 Å². The molecule has 0 aromatic rings. The van der Waals surface area contributed by atoms with Gasteiger partial charge in [-0.05, 0) is 26.2 Å². The second-order valence-corrected chi connectivity index (χ2v) is 4.67. The number of nitrogens with one attached hydrogen (secondary N) is 2. The molecule has 18 heavy (non-hydrogen) atoms. The quantitative estimate of drug-likeness (QED) is 0.702. The maximum atomic E-state index is 12.0. The highest BCUT2D eigenvalue weighted by Crippen LogP contribution is 2.17. The molecule has 3 amide bonds. The van der Waals surface area contributed by atoms with E-state index >= 15 is 0 Å². The van der Waals surface area contributed by atoms with Crippen molar-refractivity contribution in [2.45, 2.75) is 38.6 Å². The summed E-state index contributed by atoms with van der Waals surface area (Å²) in [6, 6.07) is -0.605. The molecule has 0 bridgehead atoms. The Morgan fingerprint density at radius 3 is 2.83 bits per heavy atom. The minimum atomic E-state index is -0.605. The maximum Gasteiger partial charge on any atom is 0.251 e. The summed E-state index contributed by atoms with van der Waals surface area (Å²) >= 11 is 0. The third-order valence-corrected chi connectivity index (χ3v) is 3.11. The Hall–Kier alpha value is -1.91. The predicted octanol–water partition coefficient (Wildman–Crippen LogP) is 0.574. The van der Waals surface area contributed by atoms with Gasteiger partial charge >= 0.3 is 0 Å². The molecule has 0 saturated carbocycles. The van der Waals surface area contributed by atoms with Gasteiger partial charge in [0.25, 0.3) is 5.91 Å². The number of imide groups is 1. The zero-order valence-corrected chi connectivity index (χ0v) is 10.3. The molecule has 0 aromatic carbocycles. The molecule has 1 fully saturated rings. The lowest BCUT2D eigenvalue weighted by Gasteiger charge is -2.22. The van der Waals surface area contributed by atoms with Crippen LogP contribution in [0.15, 0.2) is 23.3 Å². The van der Waals surface area contributed by atoms with Crippen LogP contribution < -0.4 is 10.6 Å². The zero-order valence-electron chi connectivity index (χ0n) is 10.3. The van der Waals surface area contributed by atoms with Crippen molar-refractivity contribution < 1.29 is 14.4 Å². The van der Waals surface area contributed by atoms with Crippen molar-refractivity contribution in [1.82, 2.24) is 10.6 Å². The first kappa shape index (κ1) is 12.5. The van der Waals surface area contributed by atoms with Crippen LogP contribution in [0, 0.1) is 0 Å². The van der Waals surface area contributed by atoms with E-state index in [1.54, 1.807) is 0 Å². The summed E-state index contributed by atoms with van der Waals surface area (Å²) in [5, 5.41) is 4.88. The molecule has 2 N–H and O–H groups in total. The van der Waals surface area contributed by atoms with Gasteiger partial charge in [-0.1, -0.05) is 17.7 Å². The third-order valence-electron chi connectivity index (χ3n) is 3.11. The maximum absolute atomic E-state index is 12.0. The molecule has 1 atom stereocenters. The molecule has 5 heteroatoms. The van der Waals surface area contributed by atoms with Crippen molar-refractivity contribution in [3.63, 3.8) is 0 Å². The van der Waals surface area contributed by atoms with Gasteiger partial charge in [-0.25, -0.2) is 0 Å². The van der Waals surface area contributed by atoms with E-state index in [1.807, 2.05) is 19.1 Å². The van der Waals surface area contributed by atoms with Crippen LogP contribution in [-0.4, -0.2) is 23.8 Å². The fraction of sp³-hybridized carbons (Fsp3) is 0.462. The molecule has 2 aliphatic rings. The number of piperidine rings is 1. The summed E-state index contributed by atoms with van der Waals surface area (Å²) in [6.07, 6.45) is 6.16. The van der Waals surface area contributed by atoms with Crippen LogP contribution in [0.25, 0.3) is 0 Å². The van der Waals surface area contributed by atoms with Crippen LogP contribution in [0.4, 0.5) is 0 Å². The lowest BCUT2D eigenvalue weighted by atomic mass is 9.99. The molecule has 96 valence electrons. The molecule has 0 spiro atoms. The van der Waals surface area contributed by atoms with Gasteiger partial charge in [-0.3, -0.25) is 19.7 Å². The average molecular weight is 248 g/mol. The normalized spacial score (nSPS) is 23.9. The lowest BCUT2D eigenvalue weighted by Crippen LogP contribution is -2.52. The minimum Gasteiger partial charge on any atom is -0.340 e. The van der Waals surface area contributed by atoms with Gasteiger partial charge in [0.05, 0.1) is 0 Å². The predicted molar refractivity (Wildman–Crippen MR) is 65.4 cm³/mol. The van der Waals surface area contributed by atoms with Crippen molar-refractivity contribution in [1.29, 1.82) is 0 Å². The van der Waals surface area contributed by atoms with E-state index in [1.165, 1.54) is 0 Å². The molecule has 1 aliphatic carbocycles. The molecule has 0 aromatic heterocycles. The molecule has 1 heterocycles. The van der Waals surface area contributed by atoms with Crippen LogP contribution in [0.2, 0.25) is 0 Å². The minimum absolute atomic E-state index is 0.247. The largest absolute Gasteiger partial charge is 0.340 e. The second kappa shape index (κ2) is 5.16. The van der Waals surface area contributed by atoms with Crippen LogP contribution in [0.3, 0.4) is 0 Å². The average Bonchev–Trinajstić information content (AvgIpc) is 2.32. The van der Waals surface area contributed by atoms with Crippen molar-refractivity contribution in [3.05, 3.63) is 23.3 Å². The number of carbonyl (C=O) groups is 3. The molecular weight excluding hydrogens is 232 g/mol. The van der Waals surface area contributed by atoms with E-state index in [4.69, 9.17) is 0 Å². The summed E-state index contributed by atoms with van der Waals surface area (Å²) in [7, 11) is 0. The number of hydrogen-bond acceptors (Lipinski definition) is 3. The van der Waals surface area contributed by atoms with Gasteiger partial charge in [0.1, 0.15) is 6.04 Å². The van der Waals surface area contributed by atoms with Gasteiger partial charge in [0.15, 0.2) is 0 Å². The topological polar surface area (TPSA) is 75.3 Å². The van der Waals surface area contributed by atoms with Gasteiger partial charge in [-0.2, -0.15) is 0 Å². The number of amides is 3. The third kappa shape index (κ3) is 2.85. The first-order chi connectivity index (χ1) is 8.56. The SMILES string of the molecule is CC1=CC(C(=O)NC2CCC(=O)NC2=O)=CCC1. The Bertz CT molecular complexity index is 463. The molecular formula is C13H16N2O3. The van der Waals surface area contributed by atoms with E-state index in [0.29, 0.717) is 12.0 Å². The second-order valence-electron chi connectivity index (χ2n) is 4.67. The Morgan fingerprint density at radius 1 is 1.39 bits per heavy atom. The summed E-state index contributed by atoms with van der Waals surface area (Å²) < 4.78 is 0. The zero-order chi connectivity index (χ0) is 13.1. The van der Waals surface area contributed by atoms with Crippen LogP contribution >= 0.6 is 0 Å². The lowest BCUT2D eigenvalue weighted by molar-refractivity contribution is -0.136. The molecule has 1 unspecified atom stereocenters. The first-order valence-corrected chi connectivity index (χ1v) is 6.08. The van der Waals surface area contributed by atoms with Crippen molar-refractivity contribution in [3.8, 4) is 0 Å². The summed E-state index contributed by atoms with van der Waals surface area (Å²) in [5.41, 5.74) is 1.76. The number of carbonyl (C=O) groups excluding carboxylic acids is 3. The van der Waals surface area contributed by atoms with Crippen molar-refractivity contribution >= 4 is 17.7 Å². The number of allylic oxidation sites excluding steroid dienone is 2. The van der Waals surface area contributed by atoms with Crippen LogP contribution in [0.1, 0.15) is 32.6 Å². The highest BCUT2D eigenvalue weighted by Gasteiger charge is 2.28. The fourth-order valence-electron chi connectivity index (χ4n) is 2.08. The Kier molecular flexibility index (Phi) is 3.60. The Morgan fingerprint density at radius 2 is 2.17 bits per heavy atom. The van der Waals surface area contributed by atoms with Crippen LogP contribution in [-0.2, 0) is 14.4 Å². The van der Waals surface area contributed by atoms with E-state index in [9.17, 15) is 14.4 Å². The smallest absolute Gasteiger partial charge is 0.251 e. The van der Waals surface area contributed by atoms with E-state index in [0.717, 1.165) is 18.4 Å². The summed E-state index contributed by atoms with van der Waals surface area (Å²) in [5.74, 6) is -0.946. The highest BCUT2D eigenvalue weighted by molar-refractivity contribution is 6.04. The molecule has 1 saturated heterocycles. The summed E-state index contributed by atoms with van der Waals surface area (Å²) in [6.45, 7) is 1.98. The number of rotatable bonds is 2. The molecule has 2 rings (SSSR count). The Labute approximate surface area is 105 Å². The molecule has 5 nitrogen and oxygen atoms in total. The first-order valence-electron chi connectivity index (χ1n) is 6.08. The van der Waals surface area contributed by atoms with Gasteiger partial charge < -0.3 is 5.32 Å². The number of hydrogen-bond donors (Lipinski definition) is 2. The van der Waals surface area contributed by atoms with E-state index in [-0.39, 0.29) is 18.2 Å². The Balaban J connectivity index is 1.97. The summed E-state index contributed by atoms with van der Waals surface area (Å²) in [4.78, 5) is 34.4. The fourth-order valence-corrected chi connectivity index (χ4v) is 2.08. The van der Waals surface area contributed by atoms with E-state index < -0.39 is 11.9 Å².